The van der Waals surface area contributed by atoms with Crippen molar-refractivity contribution in [1.82, 2.24) is 9.80 Å². The predicted octanol–water partition coefficient (Wildman–Crippen LogP) is -0.240. The van der Waals surface area contributed by atoms with Crippen LogP contribution >= 0.6 is 0 Å². The number of likely N-dealkylation sites (tertiary alicyclic amines) is 1. The van der Waals surface area contributed by atoms with Gasteiger partial charge in [0.15, 0.2) is 0 Å². The lowest BCUT2D eigenvalue weighted by molar-refractivity contribution is -0.145. The zero-order valence-corrected chi connectivity index (χ0v) is 9.88. The lowest BCUT2D eigenvalue weighted by atomic mass is 10.2. The van der Waals surface area contributed by atoms with Crippen LogP contribution in [0.3, 0.4) is 0 Å². The van der Waals surface area contributed by atoms with Crippen molar-refractivity contribution in [2.75, 3.05) is 27.2 Å². The number of ether oxygens (including phenoxy) is 1. The number of carboxylic acids is 1. The minimum Gasteiger partial charge on any atom is -0.480 e. The van der Waals surface area contributed by atoms with E-state index in [2.05, 4.69) is 4.74 Å². The molecule has 0 aliphatic carbocycles. The molecule has 96 valence electrons. The normalized spacial score (nSPS) is 18.9. The van der Waals surface area contributed by atoms with Gasteiger partial charge in [-0.2, -0.15) is 0 Å². The molecule has 0 aromatic rings. The van der Waals surface area contributed by atoms with E-state index in [1.54, 1.807) is 0 Å². The van der Waals surface area contributed by atoms with Crippen LogP contribution in [0.5, 0.6) is 0 Å². The van der Waals surface area contributed by atoms with E-state index in [4.69, 9.17) is 5.11 Å². The molecule has 1 aliphatic heterocycles. The lowest BCUT2D eigenvalue weighted by Crippen LogP contribution is -2.48. The molecule has 17 heavy (non-hydrogen) atoms. The summed E-state index contributed by atoms with van der Waals surface area (Å²) in [4.78, 5) is 36.2. The molecule has 0 aromatic heterocycles. The molecule has 1 heterocycles. The van der Waals surface area contributed by atoms with Crippen molar-refractivity contribution in [1.29, 1.82) is 0 Å². The number of carboxylic acid groups (broad SMARTS) is 1. The van der Waals surface area contributed by atoms with Crippen LogP contribution in [0.2, 0.25) is 0 Å². The van der Waals surface area contributed by atoms with E-state index in [9.17, 15) is 14.4 Å². The minimum absolute atomic E-state index is 0.386. The third-order valence-corrected chi connectivity index (χ3v) is 2.67. The Bertz CT molecular complexity index is 331. The highest BCUT2D eigenvalue weighted by atomic mass is 16.5. The van der Waals surface area contributed by atoms with Gasteiger partial charge < -0.3 is 19.6 Å². The Morgan fingerprint density at radius 2 is 2.12 bits per heavy atom. The molecule has 1 atom stereocenters. The van der Waals surface area contributed by atoms with Gasteiger partial charge in [0.1, 0.15) is 12.6 Å². The van der Waals surface area contributed by atoms with Crippen molar-refractivity contribution in [3.05, 3.63) is 0 Å². The summed E-state index contributed by atoms with van der Waals surface area (Å²) < 4.78 is 4.61. The first-order valence-corrected chi connectivity index (χ1v) is 5.28. The topological polar surface area (TPSA) is 87.2 Å². The van der Waals surface area contributed by atoms with Crippen molar-refractivity contribution in [3.8, 4) is 0 Å². The molecule has 0 spiro atoms. The van der Waals surface area contributed by atoms with Crippen molar-refractivity contribution >= 4 is 18.0 Å². The molecule has 7 heteroatoms. The molecule has 0 bridgehead atoms. The van der Waals surface area contributed by atoms with E-state index in [0.29, 0.717) is 19.4 Å². The second kappa shape index (κ2) is 5.51. The number of hydrogen-bond donors (Lipinski definition) is 1. The van der Waals surface area contributed by atoms with Crippen LogP contribution in [-0.4, -0.2) is 66.2 Å². The Balaban J connectivity index is 2.67. The number of aliphatic carboxylic acids is 1. The van der Waals surface area contributed by atoms with Crippen molar-refractivity contribution in [2.24, 2.45) is 0 Å². The Labute approximate surface area is 98.9 Å². The van der Waals surface area contributed by atoms with Gasteiger partial charge in [0.25, 0.3) is 0 Å². The first-order chi connectivity index (χ1) is 7.97. The fourth-order valence-corrected chi connectivity index (χ4v) is 1.87. The summed E-state index contributed by atoms with van der Waals surface area (Å²) >= 11 is 0. The molecular weight excluding hydrogens is 228 g/mol. The van der Waals surface area contributed by atoms with Crippen LogP contribution in [0.15, 0.2) is 0 Å². The first-order valence-electron chi connectivity index (χ1n) is 5.28. The Morgan fingerprint density at radius 1 is 1.47 bits per heavy atom. The summed E-state index contributed by atoms with van der Waals surface area (Å²) in [6.07, 6.45) is 1.27. The van der Waals surface area contributed by atoms with Gasteiger partial charge in [-0.25, -0.2) is 9.59 Å². The Kier molecular flexibility index (Phi) is 4.30. The quantitative estimate of drug-likeness (QED) is 0.692. The summed E-state index contributed by atoms with van der Waals surface area (Å²) in [5.74, 6) is -1.55. The first kappa shape index (κ1) is 13.3. The van der Waals surface area contributed by atoms with Crippen molar-refractivity contribution in [2.45, 2.75) is 18.9 Å². The van der Waals surface area contributed by atoms with Crippen LogP contribution in [-0.2, 0) is 14.3 Å². The van der Waals surface area contributed by atoms with Gasteiger partial charge in [-0.3, -0.25) is 4.79 Å². The molecule has 1 saturated heterocycles. The number of carbonyl (C=O) groups is 3. The smallest absolute Gasteiger partial charge is 0.328 e. The molecule has 7 nitrogen and oxygen atoms in total. The maximum absolute atomic E-state index is 11.9. The molecule has 2 amide bonds. The number of amides is 2. The standard InChI is InChI=1S/C10H16N2O5/c1-11(6-8(13)14)10(16)12-5-3-4-7(12)9(15)17-2/h7H,3-6H2,1-2H3,(H,13,14). The Hall–Kier alpha value is -1.79. The van der Waals surface area contributed by atoms with Gasteiger partial charge in [-0.05, 0) is 12.8 Å². The van der Waals surface area contributed by atoms with E-state index in [1.807, 2.05) is 0 Å². The fourth-order valence-electron chi connectivity index (χ4n) is 1.87. The maximum atomic E-state index is 11.9. The minimum atomic E-state index is -1.09. The predicted molar refractivity (Wildman–Crippen MR) is 57.4 cm³/mol. The lowest BCUT2D eigenvalue weighted by Gasteiger charge is -2.27. The largest absolute Gasteiger partial charge is 0.480 e. The van der Waals surface area contributed by atoms with E-state index in [-0.39, 0.29) is 6.54 Å². The zero-order valence-electron chi connectivity index (χ0n) is 9.88. The monoisotopic (exact) mass is 244 g/mol. The molecule has 1 N–H and O–H groups in total. The van der Waals surface area contributed by atoms with Gasteiger partial charge >= 0.3 is 18.0 Å². The SMILES string of the molecule is COC(=O)C1CCCN1C(=O)N(C)CC(=O)O. The second-order valence-corrected chi connectivity index (χ2v) is 3.91. The molecule has 0 aromatic carbocycles. The second-order valence-electron chi connectivity index (χ2n) is 3.91. The number of rotatable bonds is 3. The third kappa shape index (κ3) is 3.08. The molecule has 0 saturated carbocycles. The van der Waals surface area contributed by atoms with Crippen LogP contribution in [0, 0.1) is 0 Å². The zero-order chi connectivity index (χ0) is 13.0. The molecule has 1 unspecified atom stereocenters. The van der Waals surface area contributed by atoms with Gasteiger partial charge in [0, 0.05) is 13.6 Å². The Morgan fingerprint density at radius 3 is 2.65 bits per heavy atom. The number of likely N-dealkylation sites (N-methyl/N-ethyl adjacent to an activating group) is 1. The third-order valence-electron chi connectivity index (χ3n) is 2.67. The molecule has 1 fully saturated rings. The van der Waals surface area contributed by atoms with E-state index < -0.39 is 24.0 Å². The van der Waals surface area contributed by atoms with Crippen molar-refractivity contribution < 1.29 is 24.2 Å². The molecule has 0 radical (unpaired) electrons. The number of carbonyl (C=O) groups excluding carboxylic acids is 2. The van der Waals surface area contributed by atoms with Gasteiger partial charge in [-0.1, -0.05) is 0 Å². The van der Waals surface area contributed by atoms with Gasteiger partial charge in [0.2, 0.25) is 0 Å². The summed E-state index contributed by atoms with van der Waals surface area (Å²) in [7, 11) is 2.66. The number of nitrogens with zero attached hydrogens (tertiary/aromatic N) is 2. The summed E-state index contributed by atoms with van der Waals surface area (Å²) in [5, 5.41) is 8.59. The number of methoxy groups -OCH3 is 1. The average Bonchev–Trinajstić information content (AvgIpc) is 2.74. The highest BCUT2D eigenvalue weighted by Crippen LogP contribution is 2.19. The van der Waals surface area contributed by atoms with E-state index in [0.717, 1.165) is 4.90 Å². The number of urea groups is 1. The number of esters is 1. The molecular formula is C10H16N2O5. The maximum Gasteiger partial charge on any atom is 0.328 e. The summed E-state index contributed by atoms with van der Waals surface area (Å²) in [6.45, 7) is 0.0613. The summed E-state index contributed by atoms with van der Waals surface area (Å²) in [5.41, 5.74) is 0. The highest BCUT2D eigenvalue weighted by Gasteiger charge is 2.36. The van der Waals surface area contributed by atoms with Gasteiger partial charge in [-0.15, -0.1) is 0 Å². The molecule has 1 aliphatic rings. The van der Waals surface area contributed by atoms with E-state index in [1.165, 1.54) is 19.1 Å². The summed E-state index contributed by atoms with van der Waals surface area (Å²) in [6, 6.07) is -1.05. The van der Waals surface area contributed by atoms with Crippen LogP contribution < -0.4 is 0 Å². The van der Waals surface area contributed by atoms with Crippen LogP contribution in [0.25, 0.3) is 0 Å². The van der Waals surface area contributed by atoms with Gasteiger partial charge in [0.05, 0.1) is 7.11 Å². The average molecular weight is 244 g/mol. The number of hydrogen-bond acceptors (Lipinski definition) is 4. The fraction of sp³-hybridized carbons (Fsp3) is 0.700. The van der Waals surface area contributed by atoms with Crippen molar-refractivity contribution in [3.63, 3.8) is 0 Å². The van der Waals surface area contributed by atoms with E-state index >= 15 is 0 Å². The molecule has 1 rings (SSSR count). The highest BCUT2D eigenvalue weighted by molar-refractivity contribution is 5.85. The van der Waals surface area contributed by atoms with Crippen LogP contribution in [0.4, 0.5) is 4.79 Å². The van der Waals surface area contributed by atoms with Crippen LogP contribution in [0.1, 0.15) is 12.8 Å².